The van der Waals surface area contributed by atoms with Crippen LogP contribution in [0.3, 0.4) is 0 Å². The van der Waals surface area contributed by atoms with E-state index in [4.69, 9.17) is 0 Å². The van der Waals surface area contributed by atoms with Gasteiger partial charge in [0, 0.05) is 4.88 Å². The second-order valence-corrected chi connectivity index (χ2v) is 4.33. The second kappa shape index (κ2) is 3.54. The number of fused-ring (bicyclic) bond motifs is 1. The standard InChI is InChI=1S/C9H14N2S/c1-10-5-7-2-3-9-8(4-7)11-6-12-9/h6-7,10H,2-5H2,1H3. The van der Waals surface area contributed by atoms with Crippen molar-refractivity contribution in [2.45, 2.75) is 19.3 Å². The summed E-state index contributed by atoms with van der Waals surface area (Å²) in [5, 5.41) is 3.24. The van der Waals surface area contributed by atoms with Crippen molar-refractivity contribution in [2.24, 2.45) is 5.92 Å². The van der Waals surface area contributed by atoms with E-state index in [1.807, 2.05) is 23.9 Å². The van der Waals surface area contributed by atoms with Gasteiger partial charge in [-0.25, -0.2) is 4.98 Å². The van der Waals surface area contributed by atoms with Crippen LogP contribution in [0.1, 0.15) is 17.0 Å². The molecule has 66 valence electrons. The first-order valence-corrected chi connectivity index (χ1v) is 5.34. The number of nitrogens with zero attached hydrogens (tertiary/aromatic N) is 1. The highest BCUT2D eigenvalue weighted by Crippen LogP contribution is 2.26. The van der Waals surface area contributed by atoms with Crippen LogP contribution in [-0.4, -0.2) is 18.6 Å². The van der Waals surface area contributed by atoms with E-state index in [1.165, 1.54) is 29.8 Å². The Morgan fingerprint density at radius 3 is 3.50 bits per heavy atom. The molecular formula is C9H14N2S. The summed E-state index contributed by atoms with van der Waals surface area (Å²) in [4.78, 5) is 5.90. The van der Waals surface area contributed by atoms with Crippen LogP contribution in [0.2, 0.25) is 0 Å². The van der Waals surface area contributed by atoms with Gasteiger partial charge < -0.3 is 5.32 Å². The number of hydrogen-bond acceptors (Lipinski definition) is 3. The fraction of sp³-hybridized carbons (Fsp3) is 0.667. The highest BCUT2D eigenvalue weighted by atomic mass is 32.1. The Morgan fingerprint density at radius 2 is 2.67 bits per heavy atom. The third kappa shape index (κ3) is 1.52. The highest BCUT2D eigenvalue weighted by Gasteiger charge is 2.19. The Bertz CT molecular complexity index is 257. The average Bonchev–Trinajstić information content (AvgIpc) is 2.51. The third-order valence-electron chi connectivity index (χ3n) is 2.48. The van der Waals surface area contributed by atoms with E-state index in [-0.39, 0.29) is 0 Å². The summed E-state index contributed by atoms with van der Waals surface area (Å²) >= 11 is 1.81. The second-order valence-electron chi connectivity index (χ2n) is 3.39. The molecule has 1 aromatic rings. The molecule has 0 spiro atoms. The lowest BCUT2D eigenvalue weighted by molar-refractivity contribution is 0.438. The zero-order valence-electron chi connectivity index (χ0n) is 7.34. The maximum absolute atomic E-state index is 4.38. The minimum Gasteiger partial charge on any atom is -0.319 e. The fourth-order valence-corrected chi connectivity index (χ4v) is 2.65. The van der Waals surface area contributed by atoms with E-state index in [2.05, 4.69) is 10.3 Å². The smallest absolute Gasteiger partial charge is 0.0797 e. The SMILES string of the molecule is CNCC1CCc2scnc2C1. The number of aromatic nitrogens is 1. The van der Waals surface area contributed by atoms with Gasteiger partial charge in [-0.2, -0.15) is 0 Å². The van der Waals surface area contributed by atoms with E-state index in [1.54, 1.807) is 0 Å². The molecule has 12 heavy (non-hydrogen) atoms. The van der Waals surface area contributed by atoms with Crippen molar-refractivity contribution in [3.63, 3.8) is 0 Å². The Morgan fingerprint density at radius 1 is 1.75 bits per heavy atom. The first-order valence-electron chi connectivity index (χ1n) is 4.46. The molecule has 0 fully saturated rings. The van der Waals surface area contributed by atoms with Crippen molar-refractivity contribution in [3.8, 4) is 0 Å². The van der Waals surface area contributed by atoms with Gasteiger partial charge in [0.05, 0.1) is 11.2 Å². The molecule has 0 amide bonds. The van der Waals surface area contributed by atoms with Gasteiger partial charge >= 0.3 is 0 Å². The molecular weight excluding hydrogens is 168 g/mol. The normalized spacial score (nSPS) is 22.2. The third-order valence-corrected chi connectivity index (χ3v) is 3.41. The van der Waals surface area contributed by atoms with Crippen molar-refractivity contribution in [1.82, 2.24) is 10.3 Å². The molecule has 1 atom stereocenters. The summed E-state index contributed by atoms with van der Waals surface area (Å²) < 4.78 is 0. The van der Waals surface area contributed by atoms with Crippen LogP contribution in [0.4, 0.5) is 0 Å². The summed E-state index contributed by atoms with van der Waals surface area (Å²) in [6.07, 6.45) is 3.75. The molecule has 3 heteroatoms. The Kier molecular flexibility index (Phi) is 2.42. The molecule has 0 aromatic carbocycles. The maximum Gasteiger partial charge on any atom is 0.0797 e. The molecule has 1 aliphatic carbocycles. The molecule has 1 N–H and O–H groups in total. The number of hydrogen-bond donors (Lipinski definition) is 1. The van der Waals surface area contributed by atoms with E-state index in [0.29, 0.717) is 0 Å². The van der Waals surface area contributed by atoms with Crippen molar-refractivity contribution in [3.05, 3.63) is 16.1 Å². The van der Waals surface area contributed by atoms with Crippen molar-refractivity contribution >= 4 is 11.3 Å². The first-order chi connectivity index (χ1) is 5.90. The lowest BCUT2D eigenvalue weighted by Crippen LogP contribution is -2.24. The fourth-order valence-electron chi connectivity index (χ4n) is 1.84. The zero-order valence-corrected chi connectivity index (χ0v) is 8.16. The molecule has 0 radical (unpaired) electrons. The number of aryl methyl sites for hydroxylation is 1. The van der Waals surface area contributed by atoms with Gasteiger partial charge in [0.15, 0.2) is 0 Å². The van der Waals surface area contributed by atoms with Crippen molar-refractivity contribution in [2.75, 3.05) is 13.6 Å². The molecule has 0 aliphatic heterocycles. The number of thiazole rings is 1. The molecule has 2 rings (SSSR count). The molecule has 0 bridgehead atoms. The molecule has 1 unspecified atom stereocenters. The topological polar surface area (TPSA) is 24.9 Å². The van der Waals surface area contributed by atoms with Crippen LogP contribution in [0.15, 0.2) is 5.51 Å². The van der Waals surface area contributed by atoms with Crippen molar-refractivity contribution < 1.29 is 0 Å². The molecule has 1 aromatic heterocycles. The van der Waals surface area contributed by atoms with Crippen LogP contribution in [0.25, 0.3) is 0 Å². The van der Waals surface area contributed by atoms with E-state index < -0.39 is 0 Å². The summed E-state index contributed by atoms with van der Waals surface area (Å²) in [6, 6.07) is 0. The Balaban J connectivity index is 2.05. The van der Waals surface area contributed by atoms with E-state index >= 15 is 0 Å². The largest absolute Gasteiger partial charge is 0.319 e. The predicted molar refractivity (Wildman–Crippen MR) is 51.6 cm³/mol. The average molecular weight is 182 g/mol. The lowest BCUT2D eigenvalue weighted by Gasteiger charge is -2.20. The summed E-state index contributed by atoms with van der Waals surface area (Å²) in [7, 11) is 2.02. The summed E-state index contributed by atoms with van der Waals surface area (Å²) in [5.74, 6) is 0.810. The van der Waals surface area contributed by atoms with Crippen LogP contribution in [0, 0.1) is 5.92 Å². The van der Waals surface area contributed by atoms with Gasteiger partial charge in [-0.15, -0.1) is 11.3 Å². The minimum atomic E-state index is 0.810. The quantitative estimate of drug-likeness (QED) is 0.749. The molecule has 1 heterocycles. The molecule has 0 saturated heterocycles. The zero-order chi connectivity index (χ0) is 8.39. The summed E-state index contributed by atoms with van der Waals surface area (Å²) in [6.45, 7) is 1.14. The van der Waals surface area contributed by atoms with Crippen LogP contribution in [0.5, 0.6) is 0 Å². The summed E-state index contributed by atoms with van der Waals surface area (Å²) in [5.41, 5.74) is 3.33. The van der Waals surface area contributed by atoms with Crippen LogP contribution in [-0.2, 0) is 12.8 Å². The Hall–Kier alpha value is -0.410. The van der Waals surface area contributed by atoms with Gasteiger partial charge in [-0.1, -0.05) is 0 Å². The van der Waals surface area contributed by atoms with Crippen LogP contribution < -0.4 is 5.32 Å². The van der Waals surface area contributed by atoms with Gasteiger partial charge in [0.25, 0.3) is 0 Å². The van der Waals surface area contributed by atoms with Gasteiger partial charge in [-0.3, -0.25) is 0 Å². The molecule has 2 nitrogen and oxygen atoms in total. The minimum absolute atomic E-state index is 0.810. The van der Waals surface area contributed by atoms with Crippen molar-refractivity contribution in [1.29, 1.82) is 0 Å². The maximum atomic E-state index is 4.38. The lowest BCUT2D eigenvalue weighted by atomic mass is 9.91. The van der Waals surface area contributed by atoms with E-state index in [0.717, 1.165) is 12.5 Å². The van der Waals surface area contributed by atoms with Gasteiger partial charge in [0.1, 0.15) is 0 Å². The van der Waals surface area contributed by atoms with Gasteiger partial charge in [0.2, 0.25) is 0 Å². The molecule has 1 aliphatic rings. The first kappa shape index (κ1) is 8.20. The highest BCUT2D eigenvalue weighted by molar-refractivity contribution is 7.09. The van der Waals surface area contributed by atoms with E-state index in [9.17, 15) is 0 Å². The number of nitrogens with one attached hydrogen (secondary N) is 1. The monoisotopic (exact) mass is 182 g/mol. The number of rotatable bonds is 2. The molecule has 0 saturated carbocycles. The van der Waals surface area contributed by atoms with Gasteiger partial charge in [-0.05, 0) is 38.8 Å². The Labute approximate surface area is 77.0 Å². The van der Waals surface area contributed by atoms with Crippen LogP contribution >= 0.6 is 11.3 Å². The predicted octanol–water partition coefficient (Wildman–Crippen LogP) is 1.47.